The van der Waals surface area contributed by atoms with Crippen LogP contribution in [0, 0.1) is 5.92 Å². The van der Waals surface area contributed by atoms with Gasteiger partial charge in [-0.05, 0) is 39.2 Å². The lowest BCUT2D eigenvalue weighted by molar-refractivity contribution is -0.124. The van der Waals surface area contributed by atoms with Crippen molar-refractivity contribution < 1.29 is 27.8 Å². The van der Waals surface area contributed by atoms with Crippen molar-refractivity contribution in [3.63, 3.8) is 0 Å². The number of halogens is 2. The van der Waals surface area contributed by atoms with Crippen LogP contribution in [0.4, 0.5) is 8.78 Å². The van der Waals surface area contributed by atoms with E-state index in [9.17, 15) is 18.4 Å². The molecule has 3 heterocycles. The summed E-state index contributed by atoms with van der Waals surface area (Å²) in [5.41, 5.74) is 2.97. The Morgan fingerprint density at radius 3 is 2.72 bits per heavy atom. The Morgan fingerprint density at radius 1 is 1.36 bits per heavy atom. The minimum absolute atomic E-state index is 0.00189. The number of methoxy groups -OCH3 is 1. The average molecular weight is 508 g/mol. The Morgan fingerprint density at radius 2 is 2.08 bits per heavy atom. The summed E-state index contributed by atoms with van der Waals surface area (Å²) in [5, 5.41) is 9.68. The molecular formula is C25H35F2N5O4. The van der Waals surface area contributed by atoms with E-state index in [2.05, 4.69) is 20.6 Å². The molecule has 0 spiro atoms. The summed E-state index contributed by atoms with van der Waals surface area (Å²) in [6, 6.07) is 0.122. The summed E-state index contributed by atoms with van der Waals surface area (Å²) < 4.78 is 39.3. The van der Waals surface area contributed by atoms with E-state index in [1.807, 2.05) is 20.8 Å². The van der Waals surface area contributed by atoms with Crippen molar-refractivity contribution in [3.05, 3.63) is 34.4 Å². The Hall–Kier alpha value is -2.95. The molecule has 0 bridgehead atoms. The number of carbonyl (C=O) groups is 2. The zero-order valence-corrected chi connectivity index (χ0v) is 21.3. The summed E-state index contributed by atoms with van der Waals surface area (Å²) in [6.45, 7) is 4.92. The number of rotatable bonds is 8. The second kappa shape index (κ2) is 11.0. The molecule has 1 aromatic heterocycles. The largest absolute Gasteiger partial charge is 0.500 e. The van der Waals surface area contributed by atoms with Crippen LogP contribution in [0.5, 0.6) is 0 Å². The van der Waals surface area contributed by atoms with Gasteiger partial charge in [0, 0.05) is 55.9 Å². The molecule has 0 radical (unpaired) electrons. The third-order valence-corrected chi connectivity index (χ3v) is 7.37. The number of amides is 2. The molecule has 3 aliphatic rings. The minimum atomic E-state index is -2.81. The highest BCUT2D eigenvalue weighted by molar-refractivity contribution is 5.96. The molecule has 2 aliphatic heterocycles. The zero-order chi connectivity index (χ0) is 26.0. The highest BCUT2D eigenvalue weighted by Crippen LogP contribution is 2.40. The van der Waals surface area contributed by atoms with Gasteiger partial charge < -0.3 is 25.0 Å². The van der Waals surface area contributed by atoms with Crippen LogP contribution in [-0.2, 0) is 25.5 Å². The first-order chi connectivity index (χ1) is 17.3. The van der Waals surface area contributed by atoms with Gasteiger partial charge in [-0.2, -0.15) is 13.9 Å². The number of nitrogens with one attached hydrogen (secondary N) is 2. The SMILES string of the molecule is CCN(C1=C(C)C(C(=O)NCC2=C(OC)CC(C)NC2=O)Cc2c1cnn2C(F)F)C1CCOCC1. The molecule has 0 saturated carbocycles. The minimum Gasteiger partial charge on any atom is -0.500 e. The molecule has 2 atom stereocenters. The number of hydrogen-bond acceptors (Lipinski definition) is 6. The Bertz CT molecular complexity index is 1060. The maximum Gasteiger partial charge on any atom is 0.333 e. The lowest BCUT2D eigenvalue weighted by Crippen LogP contribution is -2.44. The first kappa shape index (κ1) is 26.1. The monoisotopic (exact) mass is 507 g/mol. The van der Waals surface area contributed by atoms with Crippen molar-refractivity contribution in [2.75, 3.05) is 33.4 Å². The number of fused-ring (bicyclic) bond motifs is 1. The second-order valence-corrected chi connectivity index (χ2v) is 9.55. The van der Waals surface area contributed by atoms with Crippen LogP contribution >= 0.6 is 0 Å². The van der Waals surface area contributed by atoms with E-state index < -0.39 is 12.5 Å². The maximum atomic E-state index is 13.8. The molecule has 2 N–H and O–H groups in total. The third kappa shape index (κ3) is 4.98. The smallest absolute Gasteiger partial charge is 0.333 e. The Kier molecular flexibility index (Phi) is 7.97. The molecule has 36 heavy (non-hydrogen) atoms. The van der Waals surface area contributed by atoms with Gasteiger partial charge in [0.15, 0.2) is 0 Å². The van der Waals surface area contributed by atoms with Gasteiger partial charge in [-0.25, -0.2) is 4.68 Å². The van der Waals surface area contributed by atoms with Crippen molar-refractivity contribution in [2.24, 2.45) is 5.92 Å². The normalized spacial score (nSPS) is 23.0. The predicted octanol–water partition coefficient (Wildman–Crippen LogP) is 2.61. The van der Waals surface area contributed by atoms with Crippen LogP contribution < -0.4 is 10.6 Å². The molecule has 9 nitrogen and oxygen atoms in total. The third-order valence-electron chi connectivity index (χ3n) is 7.37. The van der Waals surface area contributed by atoms with Gasteiger partial charge in [0.1, 0.15) is 5.76 Å². The number of aromatic nitrogens is 2. The maximum absolute atomic E-state index is 13.8. The van der Waals surface area contributed by atoms with Crippen LogP contribution in [0.3, 0.4) is 0 Å². The standard InChI is InChI=1S/C25H35F2N5O4/c1-5-31(16-6-8-36-9-7-16)22-15(3)17(11-20-18(22)13-29-32(20)25(26)27)23(33)28-12-19-21(35-4)10-14(2)30-24(19)34/h13-14,16-17,25H,5-12H2,1-4H3,(H,28,33)(H,30,34). The lowest BCUT2D eigenvalue weighted by atomic mass is 9.83. The van der Waals surface area contributed by atoms with Crippen molar-refractivity contribution in [3.8, 4) is 0 Å². The van der Waals surface area contributed by atoms with Gasteiger partial charge in [-0.1, -0.05) is 0 Å². The highest BCUT2D eigenvalue weighted by Gasteiger charge is 2.38. The number of alkyl halides is 2. The molecule has 1 aliphatic carbocycles. The predicted molar refractivity (Wildman–Crippen MR) is 129 cm³/mol. The molecule has 1 fully saturated rings. The van der Waals surface area contributed by atoms with E-state index in [-0.39, 0.29) is 36.9 Å². The second-order valence-electron chi connectivity index (χ2n) is 9.55. The van der Waals surface area contributed by atoms with Crippen molar-refractivity contribution in [2.45, 2.75) is 65.1 Å². The summed E-state index contributed by atoms with van der Waals surface area (Å²) in [7, 11) is 1.51. The molecule has 1 aromatic rings. The number of hydrogen-bond donors (Lipinski definition) is 2. The van der Waals surface area contributed by atoms with Crippen LogP contribution in [0.2, 0.25) is 0 Å². The molecule has 11 heteroatoms. The summed E-state index contributed by atoms with van der Waals surface area (Å²) in [4.78, 5) is 28.2. The topological polar surface area (TPSA) is 97.7 Å². The van der Waals surface area contributed by atoms with Crippen molar-refractivity contribution >= 4 is 17.5 Å². The molecule has 2 unspecified atom stereocenters. The fraction of sp³-hybridized carbons (Fsp3) is 0.640. The van der Waals surface area contributed by atoms with Crippen LogP contribution in [0.15, 0.2) is 23.1 Å². The van der Waals surface area contributed by atoms with Gasteiger partial charge in [0.2, 0.25) is 5.91 Å². The van der Waals surface area contributed by atoms with Crippen LogP contribution in [-0.4, -0.2) is 72.0 Å². The van der Waals surface area contributed by atoms with Gasteiger partial charge in [0.05, 0.1) is 37.0 Å². The number of ether oxygens (including phenoxy) is 2. The van der Waals surface area contributed by atoms with Crippen LogP contribution in [0.1, 0.15) is 57.8 Å². The number of nitrogens with zero attached hydrogens (tertiary/aromatic N) is 3. The van der Waals surface area contributed by atoms with Crippen molar-refractivity contribution in [1.29, 1.82) is 0 Å². The Labute approximate surface area is 209 Å². The molecule has 1 saturated heterocycles. The van der Waals surface area contributed by atoms with E-state index in [0.29, 0.717) is 53.5 Å². The molecule has 198 valence electrons. The first-order valence-corrected chi connectivity index (χ1v) is 12.5. The average Bonchev–Trinajstić information content (AvgIpc) is 3.29. The quantitative estimate of drug-likeness (QED) is 0.562. The fourth-order valence-corrected chi connectivity index (χ4v) is 5.52. The van der Waals surface area contributed by atoms with Crippen molar-refractivity contribution in [1.82, 2.24) is 25.3 Å². The highest BCUT2D eigenvalue weighted by atomic mass is 19.3. The Balaban J connectivity index is 1.65. The van der Waals surface area contributed by atoms with Gasteiger partial charge in [-0.3, -0.25) is 9.59 Å². The summed E-state index contributed by atoms with van der Waals surface area (Å²) in [6.07, 6.45) is 3.77. The summed E-state index contributed by atoms with van der Waals surface area (Å²) >= 11 is 0. The molecular weight excluding hydrogens is 472 g/mol. The van der Waals surface area contributed by atoms with Gasteiger partial charge >= 0.3 is 6.55 Å². The van der Waals surface area contributed by atoms with E-state index in [1.54, 1.807) is 0 Å². The van der Waals surface area contributed by atoms with Crippen LogP contribution in [0.25, 0.3) is 5.70 Å². The number of carbonyl (C=O) groups excluding carboxylic acids is 2. The molecule has 0 aromatic carbocycles. The van der Waals surface area contributed by atoms with E-state index >= 15 is 0 Å². The van der Waals surface area contributed by atoms with E-state index in [0.717, 1.165) is 24.1 Å². The van der Waals surface area contributed by atoms with Gasteiger partial charge in [0.25, 0.3) is 5.91 Å². The first-order valence-electron chi connectivity index (χ1n) is 12.5. The zero-order valence-electron chi connectivity index (χ0n) is 21.3. The molecule has 2 amide bonds. The molecule has 4 rings (SSSR count). The van der Waals surface area contributed by atoms with E-state index in [4.69, 9.17) is 9.47 Å². The fourth-order valence-electron chi connectivity index (χ4n) is 5.52. The van der Waals surface area contributed by atoms with Gasteiger partial charge in [-0.15, -0.1) is 0 Å². The lowest BCUT2D eigenvalue weighted by Gasteiger charge is -2.40. The van der Waals surface area contributed by atoms with E-state index in [1.165, 1.54) is 13.3 Å². The summed E-state index contributed by atoms with van der Waals surface area (Å²) in [5.74, 6) is -0.738.